The Balaban J connectivity index is 1.73. The number of rotatable bonds is 9. The fourth-order valence-electron chi connectivity index (χ4n) is 2.01. The lowest BCUT2D eigenvalue weighted by molar-refractivity contribution is -0.149. The molecule has 0 aliphatic rings. The lowest BCUT2D eigenvalue weighted by Gasteiger charge is -2.09. The molecule has 2 aromatic rings. The van der Waals surface area contributed by atoms with Crippen molar-refractivity contribution in [3.63, 3.8) is 0 Å². The molecule has 0 saturated carbocycles. The van der Waals surface area contributed by atoms with Gasteiger partial charge in [0, 0.05) is 4.47 Å². The van der Waals surface area contributed by atoms with Crippen LogP contribution in [0.2, 0.25) is 0 Å². The molecule has 0 aromatic heterocycles. The molecular formula is C20H21BrN2O5. The Hall–Kier alpha value is -2.87. The first kappa shape index (κ1) is 21.4. The van der Waals surface area contributed by atoms with Crippen molar-refractivity contribution in [1.82, 2.24) is 5.43 Å². The molecule has 0 bridgehead atoms. The molecule has 0 saturated heterocycles. The van der Waals surface area contributed by atoms with Crippen molar-refractivity contribution < 1.29 is 23.8 Å². The van der Waals surface area contributed by atoms with E-state index in [4.69, 9.17) is 14.2 Å². The number of hydrazone groups is 1. The minimum Gasteiger partial charge on any atom is -0.484 e. The Bertz CT molecular complexity index is 822. The first-order valence-corrected chi connectivity index (χ1v) is 9.34. The van der Waals surface area contributed by atoms with Gasteiger partial charge in [-0.3, -0.25) is 4.79 Å². The van der Waals surface area contributed by atoms with Crippen LogP contribution in [-0.4, -0.2) is 37.4 Å². The largest absolute Gasteiger partial charge is 0.484 e. The average Bonchev–Trinajstić information content (AvgIpc) is 2.65. The van der Waals surface area contributed by atoms with Gasteiger partial charge in [0.05, 0.1) is 12.3 Å². The van der Waals surface area contributed by atoms with Crippen LogP contribution in [0.25, 0.3) is 0 Å². The second kappa shape index (κ2) is 11.1. The zero-order chi connectivity index (χ0) is 20.4. The predicted octanol–water partition coefficient (Wildman–Crippen LogP) is 3.31. The minimum absolute atomic E-state index is 0.146. The summed E-state index contributed by atoms with van der Waals surface area (Å²) in [7, 11) is 0. The number of hydrogen-bond acceptors (Lipinski definition) is 6. The highest BCUT2D eigenvalue weighted by Crippen LogP contribution is 2.17. The van der Waals surface area contributed by atoms with E-state index in [1.54, 1.807) is 50.2 Å². The predicted molar refractivity (Wildman–Crippen MR) is 109 cm³/mol. The van der Waals surface area contributed by atoms with Crippen LogP contribution in [0.5, 0.6) is 11.5 Å². The number of nitrogens with zero attached hydrogens (tertiary/aromatic N) is 1. The molecule has 0 radical (unpaired) electrons. The third kappa shape index (κ3) is 8.22. The third-order valence-corrected chi connectivity index (χ3v) is 3.67. The number of benzene rings is 2. The maximum Gasteiger partial charge on any atom is 0.344 e. The topological polar surface area (TPSA) is 86.2 Å². The van der Waals surface area contributed by atoms with Gasteiger partial charge in [-0.15, -0.1) is 0 Å². The summed E-state index contributed by atoms with van der Waals surface area (Å²) in [6.45, 7) is 3.25. The Morgan fingerprint density at radius 1 is 1.07 bits per heavy atom. The van der Waals surface area contributed by atoms with E-state index in [1.807, 2.05) is 12.1 Å². The maximum atomic E-state index is 11.7. The molecule has 0 aliphatic heterocycles. The van der Waals surface area contributed by atoms with Gasteiger partial charge < -0.3 is 14.2 Å². The Morgan fingerprint density at radius 3 is 2.46 bits per heavy atom. The summed E-state index contributed by atoms with van der Waals surface area (Å²) in [5.41, 5.74) is 3.15. The van der Waals surface area contributed by atoms with E-state index in [0.717, 1.165) is 10.0 Å². The lowest BCUT2D eigenvalue weighted by Crippen LogP contribution is -2.24. The van der Waals surface area contributed by atoms with Crippen LogP contribution in [0.3, 0.4) is 0 Å². The number of nitrogens with one attached hydrogen (secondary N) is 1. The molecule has 1 amide bonds. The van der Waals surface area contributed by atoms with E-state index in [1.165, 1.54) is 6.21 Å². The van der Waals surface area contributed by atoms with E-state index in [2.05, 4.69) is 26.5 Å². The summed E-state index contributed by atoms with van der Waals surface area (Å²) in [5.74, 6) is 0.318. The normalized spacial score (nSPS) is 10.7. The number of hydrogen-bond donors (Lipinski definition) is 1. The standard InChI is InChI=1S/C20H21BrN2O5/c1-14(2)28-20(25)13-27-17-8-6-15(7-9-17)11-22-23-19(24)12-26-18-5-3-4-16(21)10-18/h3-11,14H,12-13H2,1-2H3,(H,23,24)/b22-11+. The zero-order valence-corrected chi connectivity index (χ0v) is 17.1. The molecule has 0 heterocycles. The molecule has 0 aliphatic carbocycles. The van der Waals surface area contributed by atoms with Gasteiger partial charge in [0.15, 0.2) is 13.2 Å². The van der Waals surface area contributed by atoms with E-state index in [9.17, 15) is 9.59 Å². The molecule has 2 aromatic carbocycles. The molecule has 0 atom stereocenters. The van der Waals surface area contributed by atoms with Gasteiger partial charge in [-0.2, -0.15) is 5.10 Å². The van der Waals surface area contributed by atoms with Gasteiger partial charge in [-0.25, -0.2) is 10.2 Å². The number of esters is 1. The van der Waals surface area contributed by atoms with Crippen molar-refractivity contribution in [2.75, 3.05) is 13.2 Å². The number of amides is 1. The van der Waals surface area contributed by atoms with Gasteiger partial charge in [-0.1, -0.05) is 22.0 Å². The van der Waals surface area contributed by atoms with Gasteiger partial charge in [0.25, 0.3) is 5.91 Å². The van der Waals surface area contributed by atoms with Crippen molar-refractivity contribution in [3.05, 3.63) is 58.6 Å². The molecule has 7 nitrogen and oxygen atoms in total. The summed E-state index contributed by atoms with van der Waals surface area (Å²) in [5, 5.41) is 3.88. The van der Waals surface area contributed by atoms with Gasteiger partial charge in [-0.05, 0) is 61.9 Å². The lowest BCUT2D eigenvalue weighted by atomic mass is 10.2. The molecule has 2 rings (SSSR count). The zero-order valence-electron chi connectivity index (χ0n) is 15.6. The summed E-state index contributed by atoms with van der Waals surface area (Å²) < 4.78 is 16.6. The maximum absolute atomic E-state index is 11.7. The summed E-state index contributed by atoms with van der Waals surface area (Å²) in [6, 6.07) is 14.1. The van der Waals surface area contributed by atoms with Crippen LogP contribution in [0.15, 0.2) is 58.1 Å². The molecular weight excluding hydrogens is 428 g/mol. The Labute approximate surface area is 171 Å². The smallest absolute Gasteiger partial charge is 0.344 e. The van der Waals surface area contributed by atoms with Crippen molar-refractivity contribution in [2.45, 2.75) is 20.0 Å². The molecule has 148 valence electrons. The number of ether oxygens (including phenoxy) is 3. The minimum atomic E-state index is -0.423. The molecule has 8 heteroatoms. The number of halogens is 1. The highest BCUT2D eigenvalue weighted by molar-refractivity contribution is 9.10. The van der Waals surface area contributed by atoms with Crippen LogP contribution in [0, 0.1) is 0 Å². The number of carbonyl (C=O) groups is 2. The second-order valence-corrected chi connectivity index (χ2v) is 6.85. The van der Waals surface area contributed by atoms with Crippen molar-refractivity contribution in [2.24, 2.45) is 5.10 Å². The van der Waals surface area contributed by atoms with Crippen molar-refractivity contribution in [3.8, 4) is 11.5 Å². The monoisotopic (exact) mass is 448 g/mol. The summed E-state index contributed by atoms with van der Waals surface area (Å²) >= 11 is 3.33. The van der Waals surface area contributed by atoms with E-state index < -0.39 is 5.97 Å². The highest BCUT2D eigenvalue weighted by atomic mass is 79.9. The molecule has 1 N–H and O–H groups in total. The van der Waals surface area contributed by atoms with E-state index >= 15 is 0 Å². The van der Waals surface area contributed by atoms with Gasteiger partial charge >= 0.3 is 5.97 Å². The number of carbonyl (C=O) groups excluding carboxylic acids is 2. The second-order valence-electron chi connectivity index (χ2n) is 5.94. The SMILES string of the molecule is CC(C)OC(=O)COc1ccc(/C=N/NC(=O)COc2cccc(Br)c2)cc1. The van der Waals surface area contributed by atoms with Gasteiger partial charge in [0.1, 0.15) is 11.5 Å². The molecule has 28 heavy (non-hydrogen) atoms. The Morgan fingerprint density at radius 2 is 1.79 bits per heavy atom. The fourth-order valence-corrected chi connectivity index (χ4v) is 2.38. The average molecular weight is 449 g/mol. The highest BCUT2D eigenvalue weighted by Gasteiger charge is 2.06. The first-order chi connectivity index (χ1) is 13.4. The van der Waals surface area contributed by atoms with Gasteiger partial charge in [0.2, 0.25) is 0 Å². The van der Waals surface area contributed by atoms with Crippen molar-refractivity contribution in [1.29, 1.82) is 0 Å². The molecule has 0 spiro atoms. The summed E-state index contributed by atoms with van der Waals surface area (Å²) in [4.78, 5) is 23.2. The quantitative estimate of drug-likeness (QED) is 0.361. The van der Waals surface area contributed by atoms with Crippen LogP contribution in [0.1, 0.15) is 19.4 Å². The third-order valence-electron chi connectivity index (χ3n) is 3.17. The fraction of sp³-hybridized carbons (Fsp3) is 0.250. The van der Waals surface area contributed by atoms with Crippen LogP contribution in [0.4, 0.5) is 0 Å². The van der Waals surface area contributed by atoms with Crippen LogP contribution >= 0.6 is 15.9 Å². The van der Waals surface area contributed by atoms with Crippen LogP contribution in [-0.2, 0) is 14.3 Å². The van der Waals surface area contributed by atoms with E-state index in [0.29, 0.717) is 11.5 Å². The molecule has 0 unspecified atom stereocenters. The Kier molecular flexibility index (Phi) is 8.48. The van der Waals surface area contributed by atoms with Crippen molar-refractivity contribution >= 4 is 34.0 Å². The van der Waals surface area contributed by atoms with Crippen LogP contribution < -0.4 is 14.9 Å². The van der Waals surface area contributed by atoms with E-state index in [-0.39, 0.29) is 25.2 Å². The molecule has 0 fully saturated rings. The summed E-state index contributed by atoms with van der Waals surface area (Å²) in [6.07, 6.45) is 1.32. The first-order valence-electron chi connectivity index (χ1n) is 8.55.